The molecule has 1 aromatic carbocycles. The molecule has 1 unspecified atom stereocenters. The van der Waals surface area contributed by atoms with E-state index < -0.39 is 6.10 Å². The second-order valence-electron chi connectivity index (χ2n) is 6.05. The van der Waals surface area contributed by atoms with Crippen molar-refractivity contribution >= 4 is 0 Å². The summed E-state index contributed by atoms with van der Waals surface area (Å²) in [5.41, 5.74) is 1.88. The highest BCUT2D eigenvalue weighted by Gasteiger charge is 2.50. The summed E-state index contributed by atoms with van der Waals surface area (Å²) in [6.45, 7) is 3.96. The van der Waals surface area contributed by atoms with E-state index in [0.29, 0.717) is 5.75 Å². The van der Waals surface area contributed by atoms with Gasteiger partial charge >= 0.3 is 0 Å². The van der Waals surface area contributed by atoms with Crippen molar-refractivity contribution in [2.75, 3.05) is 0 Å². The molecule has 3 nitrogen and oxygen atoms in total. The van der Waals surface area contributed by atoms with Gasteiger partial charge in [0.15, 0.2) is 0 Å². The Labute approximate surface area is 125 Å². The van der Waals surface area contributed by atoms with Crippen molar-refractivity contribution in [2.45, 2.75) is 44.3 Å². The Balaban J connectivity index is 1.87. The van der Waals surface area contributed by atoms with Gasteiger partial charge in [0.2, 0.25) is 0 Å². The first-order valence-corrected chi connectivity index (χ1v) is 7.47. The Morgan fingerprint density at radius 3 is 2.48 bits per heavy atom. The molecule has 1 aliphatic rings. The molecule has 0 spiro atoms. The fourth-order valence-electron chi connectivity index (χ4n) is 2.87. The van der Waals surface area contributed by atoms with Crippen molar-refractivity contribution in [3.05, 3.63) is 59.9 Å². The molecule has 110 valence electrons. The fraction of sp³-hybridized carbons (Fsp3) is 0.389. The molecule has 3 rings (SSSR count). The molecule has 3 heteroatoms. The van der Waals surface area contributed by atoms with Gasteiger partial charge in [-0.25, -0.2) is 0 Å². The first kappa shape index (κ1) is 14.1. The van der Waals surface area contributed by atoms with Crippen LogP contribution in [-0.2, 0) is 5.41 Å². The molecule has 1 aromatic heterocycles. The summed E-state index contributed by atoms with van der Waals surface area (Å²) in [4.78, 5) is 4.21. The van der Waals surface area contributed by atoms with E-state index in [0.717, 1.165) is 18.4 Å². The maximum atomic E-state index is 10.8. The molecule has 1 aliphatic carbocycles. The lowest BCUT2D eigenvalue weighted by molar-refractivity contribution is 0.132. The van der Waals surface area contributed by atoms with Crippen LogP contribution in [0.5, 0.6) is 5.75 Å². The van der Waals surface area contributed by atoms with E-state index in [1.165, 1.54) is 5.56 Å². The number of benzene rings is 1. The Morgan fingerprint density at radius 1 is 1.14 bits per heavy atom. The van der Waals surface area contributed by atoms with Crippen LogP contribution < -0.4 is 4.74 Å². The van der Waals surface area contributed by atoms with Gasteiger partial charge in [-0.3, -0.25) is 4.98 Å². The zero-order chi connectivity index (χ0) is 14.9. The zero-order valence-corrected chi connectivity index (χ0v) is 12.5. The molecule has 0 radical (unpaired) electrons. The van der Waals surface area contributed by atoms with Crippen LogP contribution in [0.25, 0.3) is 0 Å². The highest BCUT2D eigenvalue weighted by Crippen LogP contribution is 2.56. The Morgan fingerprint density at radius 2 is 1.86 bits per heavy atom. The lowest BCUT2D eigenvalue weighted by Crippen LogP contribution is -2.18. The summed E-state index contributed by atoms with van der Waals surface area (Å²) in [5, 5.41) is 10.8. The zero-order valence-electron chi connectivity index (χ0n) is 12.5. The number of aliphatic hydroxyl groups excluding tert-OH is 1. The molecule has 2 aromatic rings. The Hall–Kier alpha value is -1.87. The van der Waals surface area contributed by atoms with E-state index in [1.54, 1.807) is 12.4 Å². The van der Waals surface area contributed by atoms with Gasteiger partial charge in [-0.1, -0.05) is 30.3 Å². The second kappa shape index (κ2) is 5.49. The van der Waals surface area contributed by atoms with Gasteiger partial charge in [0, 0.05) is 17.2 Å². The SMILES string of the molecule is CC(C)Oc1cncc(C(O)C2(c3ccccc3)CC2)c1. The van der Waals surface area contributed by atoms with Crippen molar-refractivity contribution < 1.29 is 9.84 Å². The van der Waals surface area contributed by atoms with Crippen LogP contribution in [0.4, 0.5) is 0 Å². The predicted octanol–water partition coefficient (Wildman–Crippen LogP) is 3.63. The summed E-state index contributed by atoms with van der Waals surface area (Å²) in [6, 6.07) is 12.2. The topological polar surface area (TPSA) is 42.4 Å². The van der Waals surface area contributed by atoms with Gasteiger partial charge in [0.25, 0.3) is 0 Å². The normalized spacial score (nSPS) is 17.5. The number of hydrogen-bond acceptors (Lipinski definition) is 3. The average molecular weight is 283 g/mol. The largest absolute Gasteiger partial charge is 0.489 e. The van der Waals surface area contributed by atoms with E-state index >= 15 is 0 Å². The first-order valence-electron chi connectivity index (χ1n) is 7.47. The van der Waals surface area contributed by atoms with E-state index in [9.17, 15) is 5.11 Å². The predicted molar refractivity (Wildman–Crippen MR) is 82.3 cm³/mol. The van der Waals surface area contributed by atoms with Gasteiger partial charge in [-0.2, -0.15) is 0 Å². The minimum absolute atomic E-state index is 0.100. The summed E-state index contributed by atoms with van der Waals surface area (Å²) < 4.78 is 5.67. The van der Waals surface area contributed by atoms with Crippen LogP contribution in [0.2, 0.25) is 0 Å². The maximum absolute atomic E-state index is 10.8. The summed E-state index contributed by atoms with van der Waals surface area (Å²) in [7, 11) is 0. The van der Waals surface area contributed by atoms with Crippen molar-refractivity contribution in [3.8, 4) is 5.75 Å². The molecule has 21 heavy (non-hydrogen) atoms. The van der Waals surface area contributed by atoms with E-state index in [2.05, 4.69) is 17.1 Å². The molecule has 1 heterocycles. The van der Waals surface area contributed by atoms with E-state index in [1.807, 2.05) is 38.1 Å². The fourth-order valence-corrected chi connectivity index (χ4v) is 2.87. The van der Waals surface area contributed by atoms with Gasteiger partial charge in [0.05, 0.1) is 18.4 Å². The number of hydrogen-bond donors (Lipinski definition) is 1. The van der Waals surface area contributed by atoms with Crippen LogP contribution in [0.15, 0.2) is 48.8 Å². The molecule has 1 fully saturated rings. The number of rotatable bonds is 5. The highest BCUT2D eigenvalue weighted by molar-refractivity contribution is 5.38. The van der Waals surface area contributed by atoms with Gasteiger partial charge in [-0.15, -0.1) is 0 Å². The van der Waals surface area contributed by atoms with E-state index in [-0.39, 0.29) is 11.5 Å². The van der Waals surface area contributed by atoms with Crippen LogP contribution in [-0.4, -0.2) is 16.2 Å². The van der Waals surface area contributed by atoms with Gasteiger partial charge in [0.1, 0.15) is 5.75 Å². The third-order valence-corrected chi connectivity index (χ3v) is 4.08. The van der Waals surface area contributed by atoms with Crippen LogP contribution in [0, 0.1) is 0 Å². The minimum Gasteiger partial charge on any atom is -0.489 e. The van der Waals surface area contributed by atoms with Crippen LogP contribution in [0.1, 0.15) is 43.9 Å². The lowest BCUT2D eigenvalue weighted by Gasteiger charge is -2.23. The van der Waals surface area contributed by atoms with Crippen LogP contribution in [0.3, 0.4) is 0 Å². The number of nitrogens with zero attached hydrogens (tertiary/aromatic N) is 1. The third kappa shape index (κ3) is 2.79. The molecule has 1 saturated carbocycles. The molecule has 0 bridgehead atoms. The second-order valence-corrected chi connectivity index (χ2v) is 6.05. The lowest BCUT2D eigenvalue weighted by atomic mass is 9.86. The van der Waals surface area contributed by atoms with Crippen molar-refractivity contribution in [3.63, 3.8) is 0 Å². The first-order chi connectivity index (χ1) is 10.1. The van der Waals surface area contributed by atoms with Gasteiger partial charge < -0.3 is 9.84 Å². The smallest absolute Gasteiger partial charge is 0.138 e. The molecule has 0 saturated heterocycles. The molecule has 0 aliphatic heterocycles. The van der Waals surface area contributed by atoms with Crippen molar-refractivity contribution in [1.82, 2.24) is 4.98 Å². The molecule has 1 N–H and O–H groups in total. The van der Waals surface area contributed by atoms with Crippen LogP contribution >= 0.6 is 0 Å². The van der Waals surface area contributed by atoms with Gasteiger partial charge in [-0.05, 0) is 38.3 Å². The maximum Gasteiger partial charge on any atom is 0.138 e. The summed E-state index contributed by atoms with van der Waals surface area (Å²) in [5.74, 6) is 0.713. The molecule has 1 atom stereocenters. The minimum atomic E-state index is -0.539. The monoisotopic (exact) mass is 283 g/mol. The van der Waals surface area contributed by atoms with Crippen molar-refractivity contribution in [1.29, 1.82) is 0 Å². The molecular formula is C18H21NO2. The van der Waals surface area contributed by atoms with Crippen molar-refractivity contribution in [2.24, 2.45) is 0 Å². The summed E-state index contributed by atoms with van der Waals surface area (Å²) in [6.07, 6.45) is 5.01. The standard InChI is InChI=1S/C18H21NO2/c1-13(2)21-16-10-14(11-19-12-16)17(20)18(8-9-18)15-6-4-3-5-7-15/h3-7,10-13,17,20H,8-9H2,1-2H3. The number of pyridine rings is 1. The third-order valence-electron chi connectivity index (χ3n) is 4.08. The Bertz CT molecular complexity index is 606. The average Bonchev–Trinajstić information content (AvgIpc) is 3.29. The summed E-state index contributed by atoms with van der Waals surface area (Å²) >= 11 is 0. The molecular weight excluding hydrogens is 262 g/mol. The highest BCUT2D eigenvalue weighted by atomic mass is 16.5. The number of aliphatic hydroxyl groups is 1. The number of aromatic nitrogens is 1. The molecule has 0 amide bonds. The Kier molecular flexibility index (Phi) is 3.68. The quantitative estimate of drug-likeness (QED) is 0.911. The van der Waals surface area contributed by atoms with E-state index in [4.69, 9.17) is 4.74 Å². The number of ether oxygens (including phenoxy) is 1.